The summed E-state index contributed by atoms with van der Waals surface area (Å²) in [6.07, 6.45) is 0. The Morgan fingerprint density at radius 1 is 0.412 bits per heavy atom. The van der Waals surface area contributed by atoms with E-state index in [-0.39, 0.29) is 23.2 Å². The lowest BCUT2D eigenvalue weighted by Crippen LogP contribution is -2.09. The molecule has 80 heavy (non-hydrogen) atoms. The zero-order valence-corrected chi connectivity index (χ0v) is 44.1. The number of benzene rings is 12. The van der Waals surface area contributed by atoms with Gasteiger partial charge in [-0.2, -0.15) is 5.26 Å². The molecular weight excluding hydrogens is 1010 g/mol. The molecule has 0 saturated carbocycles. The van der Waals surface area contributed by atoms with Crippen LogP contribution in [0.3, 0.4) is 0 Å². The highest BCUT2D eigenvalue weighted by Gasteiger charge is 2.34. The summed E-state index contributed by atoms with van der Waals surface area (Å²) in [5, 5.41) is 19.8. The third kappa shape index (κ3) is 6.65. The molecule has 4 heterocycles. The zero-order valence-electron chi connectivity index (χ0n) is 47.5. The minimum Gasteiger partial charge on any atom is -0.318 e. The Morgan fingerprint density at radius 2 is 0.950 bits per heavy atom. The Bertz CT molecular complexity index is 5590. The fourth-order valence-electron chi connectivity index (χ4n) is 12.6. The van der Waals surface area contributed by atoms with E-state index in [1.54, 1.807) is 22.7 Å². The van der Waals surface area contributed by atoms with E-state index in [4.69, 9.17) is 4.11 Å². The molecule has 0 saturated heterocycles. The highest BCUT2D eigenvalue weighted by molar-refractivity contribution is 7.27. The van der Waals surface area contributed by atoms with Gasteiger partial charge in [-0.25, -0.2) is 4.85 Å². The van der Waals surface area contributed by atoms with Crippen molar-refractivity contribution in [3.05, 3.63) is 272 Å². The van der Waals surface area contributed by atoms with Gasteiger partial charge in [-0.1, -0.05) is 224 Å². The minimum absolute atomic E-state index is 0.0795. The zero-order chi connectivity index (χ0) is 57.4. The van der Waals surface area contributed by atoms with Crippen molar-refractivity contribution in [3.63, 3.8) is 0 Å². The summed E-state index contributed by atoms with van der Waals surface area (Å²) in [4.78, 5) is 4.64. The molecule has 0 N–H and O–H groups in total. The van der Waals surface area contributed by atoms with Crippen LogP contribution in [0.1, 0.15) is 12.4 Å². The normalized spacial score (nSPS) is 12.6. The molecule has 0 aliphatic rings. The van der Waals surface area contributed by atoms with Crippen molar-refractivity contribution in [2.24, 2.45) is 0 Å². The van der Waals surface area contributed by atoms with E-state index in [2.05, 4.69) is 147 Å². The quantitative estimate of drug-likeness (QED) is 0.147. The van der Waals surface area contributed by atoms with Crippen LogP contribution in [0, 0.1) is 17.9 Å². The van der Waals surface area contributed by atoms with E-state index in [0.29, 0.717) is 50.2 Å². The molecule has 0 radical (unpaired) electrons. The van der Waals surface area contributed by atoms with Crippen molar-refractivity contribution in [2.75, 3.05) is 0 Å². The van der Waals surface area contributed by atoms with Crippen molar-refractivity contribution < 1.29 is 6.85 Å². The summed E-state index contributed by atoms with van der Waals surface area (Å²) in [7, 11) is 0. The second-order valence-corrected chi connectivity index (χ2v) is 22.1. The summed E-state index contributed by atoms with van der Waals surface area (Å²) in [5.74, 6) is 0. The highest BCUT2D eigenvalue weighted by atomic mass is 32.1. The molecule has 16 aromatic rings. The van der Waals surface area contributed by atoms with Crippen LogP contribution in [0.4, 0.5) is 5.69 Å². The van der Waals surface area contributed by atoms with Crippen molar-refractivity contribution in [1.29, 1.82) is 5.26 Å². The van der Waals surface area contributed by atoms with Crippen LogP contribution in [-0.4, -0.2) is 9.13 Å². The second kappa shape index (κ2) is 18.1. The molecule has 6 heteroatoms. The first kappa shape index (κ1) is 40.9. The fraction of sp³-hybridized carbons (Fsp3) is 0. The van der Waals surface area contributed by atoms with Gasteiger partial charge in [-0.15, -0.1) is 22.7 Å². The standard InChI is InChI=1S/C74H42N4S2/c1-76-68-64(48-29-13-5-14-30-48)58(44-75)69(65(49-31-15-6-16-32-49)71(68)77-59-36-20-17-35-54(59)67-60(77)42-41-50(45-23-7-2-8-24-45)63(67)47-27-11-4-12-28-47)78-70-55(40-39-53-51-33-18-21-37-61(51)79-73(53)70)66-56(46-25-9-3-10-26-46)43-57-52-34-19-22-38-62(52)80-74(57)72(66)78/h2-43H/i3D,9D,10D,25D,26D. The summed E-state index contributed by atoms with van der Waals surface area (Å²) < 4.78 is 54.7. The van der Waals surface area contributed by atoms with Gasteiger partial charge in [0.25, 0.3) is 0 Å². The van der Waals surface area contributed by atoms with Crippen LogP contribution in [-0.2, 0) is 0 Å². The monoisotopic (exact) mass is 1060 g/mol. The van der Waals surface area contributed by atoms with Crippen LogP contribution in [0.25, 0.3) is 156 Å². The van der Waals surface area contributed by atoms with Crippen molar-refractivity contribution in [3.8, 4) is 73.1 Å². The van der Waals surface area contributed by atoms with Crippen LogP contribution in [0.5, 0.6) is 0 Å². The molecule has 12 aromatic carbocycles. The summed E-state index contributed by atoms with van der Waals surface area (Å²) in [6, 6.07) is 77.3. The van der Waals surface area contributed by atoms with Crippen molar-refractivity contribution >= 4 is 112 Å². The van der Waals surface area contributed by atoms with Gasteiger partial charge in [0, 0.05) is 63.6 Å². The van der Waals surface area contributed by atoms with E-state index in [0.717, 1.165) is 101 Å². The topological polar surface area (TPSA) is 38.0 Å². The minimum atomic E-state index is -0.476. The number of aromatic nitrogens is 2. The molecule has 4 nitrogen and oxygen atoms in total. The maximum absolute atomic E-state index is 12.5. The Labute approximate surface area is 475 Å². The number of nitrogens with zero attached hydrogens (tertiary/aromatic N) is 4. The summed E-state index contributed by atoms with van der Waals surface area (Å²) >= 11 is 3.28. The number of hydrogen-bond acceptors (Lipinski definition) is 3. The highest BCUT2D eigenvalue weighted by Crippen LogP contribution is 2.56. The van der Waals surface area contributed by atoms with Gasteiger partial charge in [0.1, 0.15) is 6.07 Å². The lowest BCUT2D eigenvalue weighted by Gasteiger charge is -2.26. The lowest BCUT2D eigenvalue weighted by molar-refractivity contribution is 1.14. The largest absolute Gasteiger partial charge is 0.318 e. The maximum atomic E-state index is 12.5. The molecule has 0 spiro atoms. The van der Waals surface area contributed by atoms with E-state index < -0.39 is 18.1 Å². The van der Waals surface area contributed by atoms with Gasteiger partial charge in [0.05, 0.1) is 61.8 Å². The first-order chi connectivity index (χ1) is 41.7. The van der Waals surface area contributed by atoms with Crippen molar-refractivity contribution in [2.45, 2.75) is 0 Å². The third-order valence-electron chi connectivity index (χ3n) is 15.9. The molecule has 0 aliphatic heterocycles. The van der Waals surface area contributed by atoms with Gasteiger partial charge in [-0.05, 0) is 74.8 Å². The molecule has 16 rings (SSSR count). The number of hydrogen-bond donors (Lipinski definition) is 0. The SMILES string of the molecule is [2H]c1c([2H])c([2H])c(-c2cc3c4ccccc4sc3c3c2c2ccc4c5ccccc5sc4c2n3-c2c(C#N)c(-c3ccccc3)c([N+]#[C-])c(-n3c4ccccc4c4c(-c5ccccc5)c(-c5ccccc5)ccc43)c2-c2ccccc2)c([2H])c1[2H]. The lowest BCUT2D eigenvalue weighted by atomic mass is 9.88. The van der Waals surface area contributed by atoms with Crippen LogP contribution >= 0.6 is 22.7 Å². The van der Waals surface area contributed by atoms with Gasteiger partial charge in [0.15, 0.2) is 0 Å². The Kier molecular flexibility index (Phi) is 9.26. The first-order valence-electron chi connectivity index (χ1n) is 28.9. The molecular formula is C74H42N4S2. The molecule has 0 amide bonds. The Hall–Kier alpha value is -10.3. The smallest absolute Gasteiger partial charge is 0.220 e. The first-order valence-corrected chi connectivity index (χ1v) is 28.0. The number of para-hydroxylation sites is 1. The maximum Gasteiger partial charge on any atom is 0.220 e. The van der Waals surface area contributed by atoms with Crippen molar-refractivity contribution in [1.82, 2.24) is 9.13 Å². The van der Waals surface area contributed by atoms with E-state index >= 15 is 0 Å². The van der Waals surface area contributed by atoms with Crippen LogP contribution in [0.2, 0.25) is 0 Å². The number of nitriles is 1. The average Bonchev–Trinajstić information content (AvgIpc) is 1.61. The number of thiophene rings is 2. The number of rotatable bonds is 7. The average molecular weight is 1060 g/mol. The van der Waals surface area contributed by atoms with Crippen LogP contribution < -0.4 is 0 Å². The molecule has 4 aromatic heterocycles. The van der Waals surface area contributed by atoms with Crippen LogP contribution in [0.15, 0.2) is 255 Å². The van der Waals surface area contributed by atoms with Gasteiger partial charge >= 0.3 is 0 Å². The molecule has 0 bridgehead atoms. The van der Waals surface area contributed by atoms with E-state index in [1.165, 1.54) is 0 Å². The van der Waals surface area contributed by atoms with E-state index in [1.807, 2.05) is 97.1 Å². The molecule has 0 atom stereocenters. The number of fused-ring (bicyclic) bond motifs is 14. The molecule has 0 aliphatic carbocycles. The third-order valence-corrected chi connectivity index (χ3v) is 18.2. The Balaban J connectivity index is 1.21. The molecule has 370 valence electrons. The molecule has 0 unspecified atom stereocenters. The Morgan fingerprint density at radius 3 is 1.59 bits per heavy atom. The summed E-state index contributed by atoms with van der Waals surface area (Å²) in [5.41, 5.74) is 12.2. The predicted octanol–water partition coefficient (Wildman–Crippen LogP) is 21.4. The van der Waals surface area contributed by atoms with Gasteiger partial charge in [-0.3, -0.25) is 0 Å². The van der Waals surface area contributed by atoms with Gasteiger partial charge < -0.3 is 9.13 Å². The van der Waals surface area contributed by atoms with Gasteiger partial charge in [0.2, 0.25) is 5.69 Å². The summed E-state index contributed by atoms with van der Waals surface area (Å²) in [6.45, 7) is 9.63. The fourth-order valence-corrected chi connectivity index (χ4v) is 15.1. The predicted molar refractivity (Wildman–Crippen MR) is 339 cm³/mol. The second-order valence-electron chi connectivity index (χ2n) is 20.0. The van der Waals surface area contributed by atoms with E-state index in [9.17, 15) is 14.6 Å². The molecule has 0 fully saturated rings.